The number of halogens is 2. The van der Waals surface area contributed by atoms with Gasteiger partial charge in [-0.15, -0.1) is 0 Å². The molecule has 4 nitrogen and oxygen atoms in total. The zero-order chi connectivity index (χ0) is 13.1. The number of aromatic nitrogens is 1. The van der Waals surface area contributed by atoms with E-state index in [2.05, 4.69) is 9.88 Å². The van der Waals surface area contributed by atoms with Crippen LogP contribution in [0.25, 0.3) is 0 Å². The highest BCUT2D eigenvalue weighted by molar-refractivity contribution is 6.32. The van der Waals surface area contributed by atoms with Gasteiger partial charge in [0, 0.05) is 12.1 Å². The van der Waals surface area contributed by atoms with Crippen LogP contribution in [0.15, 0.2) is 12.1 Å². The van der Waals surface area contributed by atoms with E-state index in [0.717, 1.165) is 24.9 Å². The fourth-order valence-corrected chi connectivity index (χ4v) is 2.60. The second-order valence-electron chi connectivity index (χ2n) is 4.24. The number of nitrogens with zero attached hydrogens (tertiary/aromatic N) is 2. The van der Waals surface area contributed by atoms with Gasteiger partial charge >= 0.3 is 5.97 Å². The highest BCUT2D eigenvalue weighted by atomic mass is 35.5. The summed E-state index contributed by atoms with van der Waals surface area (Å²) in [4.78, 5) is 17.7. The van der Waals surface area contributed by atoms with Crippen molar-refractivity contribution in [3.05, 3.63) is 28.0 Å². The average Bonchev–Trinajstić information content (AvgIpc) is 2.80. The summed E-state index contributed by atoms with van der Waals surface area (Å²) in [5, 5.41) is 0.757. The molecule has 0 amide bonds. The second-order valence-corrected chi connectivity index (χ2v) is 4.98. The standard InChI is InChI=1S/C12H14Cl2N2O2/c1-18-12(17)9-3-2-6-16(9)7-8-4-5-10(13)15-11(8)14/h4-5,9H,2-3,6-7H2,1H3. The van der Waals surface area contributed by atoms with Gasteiger partial charge in [-0.05, 0) is 25.5 Å². The molecule has 0 N–H and O–H groups in total. The Balaban J connectivity index is 2.10. The van der Waals surface area contributed by atoms with E-state index in [1.165, 1.54) is 7.11 Å². The number of carbonyl (C=O) groups excluding carboxylic acids is 1. The highest BCUT2D eigenvalue weighted by Crippen LogP contribution is 2.24. The smallest absolute Gasteiger partial charge is 0.323 e. The summed E-state index contributed by atoms with van der Waals surface area (Å²) in [5.74, 6) is -0.189. The monoisotopic (exact) mass is 288 g/mol. The molecule has 1 aromatic rings. The van der Waals surface area contributed by atoms with Gasteiger partial charge in [0.05, 0.1) is 7.11 Å². The number of hydrogen-bond acceptors (Lipinski definition) is 4. The van der Waals surface area contributed by atoms with Gasteiger partial charge in [-0.25, -0.2) is 4.98 Å². The topological polar surface area (TPSA) is 42.4 Å². The average molecular weight is 289 g/mol. The second kappa shape index (κ2) is 5.87. The van der Waals surface area contributed by atoms with Gasteiger partial charge in [-0.2, -0.15) is 0 Å². The quantitative estimate of drug-likeness (QED) is 0.633. The first-order valence-electron chi connectivity index (χ1n) is 5.74. The zero-order valence-corrected chi connectivity index (χ0v) is 11.5. The van der Waals surface area contributed by atoms with Crippen LogP contribution < -0.4 is 0 Å². The molecule has 0 saturated carbocycles. The molecule has 18 heavy (non-hydrogen) atoms. The van der Waals surface area contributed by atoms with E-state index in [-0.39, 0.29) is 12.0 Å². The number of methoxy groups -OCH3 is 1. The van der Waals surface area contributed by atoms with Gasteiger partial charge < -0.3 is 4.74 Å². The van der Waals surface area contributed by atoms with E-state index >= 15 is 0 Å². The van der Waals surface area contributed by atoms with Crippen LogP contribution >= 0.6 is 23.2 Å². The maximum absolute atomic E-state index is 11.6. The van der Waals surface area contributed by atoms with E-state index in [1.807, 2.05) is 6.07 Å². The molecule has 1 aromatic heterocycles. The van der Waals surface area contributed by atoms with Gasteiger partial charge in [0.1, 0.15) is 16.3 Å². The minimum absolute atomic E-state index is 0.179. The molecule has 1 atom stereocenters. The van der Waals surface area contributed by atoms with E-state index < -0.39 is 0 Å². The molecule has 1 unspecified atom stereocenters. The van der Waals surface area contributed by atoms with Gasteiger partial charge in [0.25, 0.3) is 0 Å². The van der Waals surface area contributed by atoms with Crippen LogP contribution in [0.5, 0.6) is 0 Å². The minimum Gasteiger partial charge on any atom is -0.468 e. The Morgan fingerprint density at radius 3 is 3.00 bits per heavy atom. The third-order valence-electron chi connectivity index (χ3n) is 3.10. The first kappa shape index (κ1) is 13.6. The number of rotatable bonds is 3. The first-order valence-corrected chi connectivity index (χ1v) is 6.50. The van der Waals surface area contributed by atoms with Crippen molar-refractivity contribution in [3.63, 3.8) is 0 Å². The summed E-state index contributed by atoms with van der Waals surface area (Å²) in [7, 11) is 1.41. The van der Waals surface area contributed by atoms with E-state index in [9.17, 15) is 4.79 Å². The lowest BCUT2D eigenvalue weighted by Crippen LogP contribution is -2.36. The molecule has 2 heterocycles. The lowest BCUT2D eigenvalue weighted by Gasteiger charge is -2.22. The molecule has 2 rings (SSSR count). The zero-order valence-electron chi connectivity index (χ0n) is 10.0. The number of likely N-dealkylation sites (tertiary alicyclic amines) is 1. The van der Waals surface area contributed by atoms with E-state index in [1.54, 1.807) is 6.07 Å². The van der Waals surface area contributed by atoms with Crippen molar-refractivity contribution < 1.29 is 9.53 Å². The van der Waals surface area contributed by atoms with Crippen molar-refractivity contribution in [2.24, 2.45) is 0 Å². The van der Waals surface area contributed by atoms with Crippen molar-refractivity contribution in [1.29, 1.82) is 0 Å². The highest BCUT2D eigenvalue weighted by Gasteiger charge is 2.31. The van der Waals surface area contributed by atoms with Gasteiger partial charge in [0.2, 0.25) is 0 Å². The normalized spacial score (nSPS) is 20.1. The summed E-state index contributed by atoms with van der Waals surface area (Å²) in [6, 6.07) is 3.36. The maximum atomic E-state index is 11.6. The number of pyridine rings is 1. The van der Waals surface area contributed by atoms with Crippen molar-refractivity contribution in [3.8, 4) is 0 Å². The predicted molar refractivity (Wildman–Crippen MR) is 69.7 cm³/mol. The molecule has 1 saturated heterocycles. The van der Waals surface area contributed by atoms with Crippen LogP contribution in [0.3, 0.4) is 0 Å². The molecular weight excluding hydrogens is 275 g/mol. The molecule has 1 fully saturated rings. The molecule has 0 aliphatic carbocycles. The minimum atomic E-state index is -0.189. The van der Waals surface area contributed by atoms with Crippen LogP contribution in [-0.2, 0) is 16.1 Å². The van der Waals surface area contributed by atoms with Crippen molar-refractivity contribution in [1.82, 2.24) is 9.88 Å². The summed E-state index contributed by atoms with van der Waals surface area (Å²) in [5.41, 5.74) is 0.872. The summed E-state index contributed by atoms with van der Waals surface area (Å²) in [6.07, 6.45) is 1.81. The Labute approximate surface area is 116 Å². The maximum Gasteiger partial charge on any atom is 0.323 e. The molecule has 0 bridgehead atoms. The molecule has 0 spiro atoms. The fourth-order valence-electron chi connectivity index (χ4n) is 2.20. The summed E-state index contributed by atoms with van der Waals surface area (Å²) < 4.78 is 4.80. The number of ether oxygens (including phenoxy) is 1. The fraction of sp³-hybridized carbons (Fsp3) is 0.500. The summed E-state index contributed by atoms with van der Waals surface area (Å²) >= 11 is 11.8. The Hall–Kier alpha value is -0.840. The van der Waals surface area contributed by atoms with Gasteiger partial charge in [0.15, 0.2) is 0 Å². The largest absolute Gasteiger partial charge is 0.468 e. The Morgan fingerprint density at radius 2 is 2.33 bits per heavy atom. The molecule has 98 valence electrons. The van der Waals surface area contributed by atoms with Crippen molar-refractivity contribution in [2.75, 3.05) is 13.7 Å². The number of hydrogen-bond donors (Lipinski definition) is 0. The van der Waals surface area contributed by atoms with Crippen LogP contribution in [-0.4, -0.2) is 35.5 Å². The molecule has 1 aliphatic heterocycles. The lowest BCUT2D eigenvalue weighted by molar-refractivity contribution is -0.146. The molecular formula is C12H14Cl2N2O2. The van der Waals surface area contributed by atoms with Crippen LogP contribution in [0.4, 0.5) is 0 Å². The number of carbonyl (C=O) groups is 1. The van der Waals surface area contributed by atoms with Crippen molar-refractivity contribution in [2.45, 2.75) is 25.4 Å². The van der Waals surface area contributed by atoms with Crippen LogP contribution in [0.2, 0.25) is 10.3 Å². The Bertz CT molecular complexity index is 454. The van der Waals surface area contributed by atoms with Crippen molar-refractivity contribution >= 4 is 29.2 Å². The lowest BCUT2D eigenvalue weighted by atomic mass is 10.2. The first-order chi connectivity index (χ1) is 8.61. The van der Waals surface area contributed by atoms with Crippen LogP contribution in [0, 0.1) is 0 Å². The molecule has 0 aromatic carbocycles. The SMILES string of the molecule is COC(=O)C1CCCN1Cc1ccc(Cl)nc1Cl. The van der Waals surface area contributed by atoms with E-state index in [0.29, 0.717) is 16.9 Å². The molecule has 0 radical (unpaired) electrons. The molecule has 6 heteroatoms. The van der Waals surface area contributed by atoms with Gasteiger partial charge in [-0.3, -0.25) is 9.69 Å². The van der Waals surface area contributed by atoms with Crippen LogP contribution in [0.1, 0.15) is 18.4 Å². The Kier molecular flexibility index (Phi) is 4.43. The predicted octanol–water partition coefficient (Wildman–Crippen LogP) is 2.53. The number of esters is 1. The Morgan fingerprint density at radius 1 is 1.56 bits per heavy atom. The van der Waals surface area contributed by atoms with Gasteiger partial charge in [-0.1, -0.05) is 29.3 Å². The molecule has 1 aliphatic rings. The third kappa shape index (κ3) is 2.94. The third-order valence-corrected chi connectivity index (χ3v) is 3.64. The van der Waals surface area contributed by atoms with E-state index in [4.69, 9.17) is 27.9 Å². The summed E-state index contributed by atoms with van der Waals surface area (Å²) in [6.45, 7) is 1.45.